The number of hydrogen-bond donors (Lipinski definition) is 2. The van der Waals surface area contributed by atoms with Crippen molar-refractivity contribution in [2.24, 2.45) is 0 Å². The molecule has 2 rings (SSSR count). The monoisotopic (exact) mass is 360 g/mol. The molecule has 25 heavy (non-hydrogen) atoms. The summed E-state index contributed by atoms with van der Waals surface area (Å²) in [6, 6.07) is 14.8. The van der Waals surface area contributed by atoms with Crippen LogP contribution in [-0.4, -0.2) is 19.1 Å². The summed E-state index contributed by atoms with van der Waals surface area (Å²) in [7, 11) is 0. The van der Waals surface area contributed by atoms with Crippen molar-refractivity contribution in [1.82, 2.24) is 0 Å². The highest BCUT2D eigenvalue weighted by Gasteiger charge is 2.05. The van der Waals surface area contributed by atoms with Gasteiger partial charge in [0.25, 0.3) is 0 Å². The number of carbonyl (C=O) groups is 1. The lowest BCUT2D eigenvalue weighted by Crippen LogP contribution is -2.21. The predicted octanol–water partition coefficient (Wildman–Crippen LogP) is 5.35. The van der Waals surface area contributed by atoms with E-state index in [2.05, 4.69) is 17.6 Å². The predicted molar refractivity (Wildman–Crippen MR) is 105 cm³/mol. The van der Waals surface area contributed by atoms with E-state index in [1.165, 1.54) is 19.3 Å². The Kier molecular flexibility index (Phi) is 8.13. The number of hydrogen-bond acceptors (Lipinski definition) is 3. The molecule has 2 aromatic carbocycles. The van der Waals surface area contributed by atoms with Gasteiger partial charge < -0.3 is 15.4 Å². The van der Waals surface area contributed by atoms with Gasteiger partial charge in [-0.05, 0) is 30.7 Å². The molecule has 0 spiro atoms. The molecule has 0 aliphatic carbocycles. The van der Waals surface area contributed by atoms with Crippen molar-refractivity contribution in [3.8, 4) is 5.75 Å². The Hall–Kier alpha value is -2.20. The molecule has 134 valence electrons. The SMILES string of the molecule is CCCCCCOc1cccc(NC(=O)CNc2ccccc2Cl)c1. The zero-order valence-corrected chi connectivity index (χ0v) is 15.3. The molecule has 0 saturated heterocycles. The average molecular weight is 361 g/mol. The molecule has 0 bridgehead atoms. The van der Waals surface area contributed by atoms with Gasteiger partial charge in [0.1, 0.15) is 5.75 Å². The van der Waals surface area contributed by atoms with Crippen LogP contribution in [0.15, 0.2) is 48.5 Å². The first-order valence-electron chi connectivity index (χ1n) is 8.70. The van der Waals surface area contributed by atoms with Crippen molar-refractivity contribution in [2.45, 2.75) is 32.6 Å². The number of rotatable bonds is 10. The number of para-hydroxylation sites is 1. The van der Waals surface area contributed by atoms with Gasteiger partial charge >= 0.3 is 0 Å². The van der Waals surface area contributed by atoms with Crippen LogP contribution in [0.3, 0.4) is 0 Å². The first-order valence-corrected chi connectivity index (χ1v) is 9.08. The Balaban J connectivity index is 1.78. The van der Waals surface area contributed by atoms with Crippen LogP contribution in [0.5, 0.6) is 5.75 Å². The molecule has 5 heteroatoms. The summed E-state index contributed by atoms with van der Waals surface area (Å²) < 4.78 is 5.74. The van der Waals surface area contributed by atoms with E-state index in [-0.39, 0.29) is 12.5 Å². The van der Waals surface area contributed by atoms with Crippen molar-refractivity contribution in [2.75, 3.05) is 23.8 Å². The molecule has 0 saturated carbocycles. The molecular weight excluding hydrogens is 336 g/mol. The number of nitrogens with one attached hydrogen (secondary N) is 2. The van der Waals surface area contributed by atoms with Crippen LogP contribution < -0.4 is 15.4 Å². The number of benzene rings is 2. The number of ether oxygens (including phenoxy) is 1. The lowest BCUT2D eigenvalue weighted by Gasteiger charge is -2.11. The number of carbonyl (C=O) groups excluding carboxylic acids is 1. The lowest BCUT2D eigenvalue weighted by atomic mass is 10.2. The van der Waals surface area contributed by atoms with Crippen molar-refractivity contribution >= 4 is 28.9 Å². The van der Waals surface area contributed by atoms with Crippen molar-refractivity contribution in [1.29, 1.82) is 0 Å². The van der Waals surface area contributed by atoms with Crippen LogP contribution in [0.2, 0.25) is 5.02 Å². The molecule has 4 nitrogen and oxygen atoms in total. The van der Waals surface area contributed by atoms with Crippen LogP contribution in [0.4, 0.5) is 11.4 Å². The second-order valence-corrected chi connectivity index (χ2v) is 6.23. The topological polar surface area (TPSA) is 50.4 Å². The lowest BCUT2D eigenvalue weighted by molar-refractivity contribution is -0.114. The number of anilines is 2. The smallest absolute Gasteiger partial charge is 0.243 e. The molecule has 0 radical (unpaired) electrons. The van der Waals surface area contributed by atoms with E-state index in [0.29, 0.717) is 11.6 Å². The van der Waals surface area contributed by atoms with Crippen LogP contribution >= 0.6 is 11.6 Å². The van der Waals surface area contributed by atoms with Gasteiger partial charge in [0, 0.05) is 11.8 Å². The highest BCUT2D eigenvalue weighted by Crippen LogP contribution is 2.20. The van der Waals surface area contributed by atoms with Crippen LogP contribution in [0.1, 0.15) is 32.6 Å². The Bertz CT molecular complexity index is 676. The van der Waals surface area contributed by atoms with Crippen LogP contribution in [-0.2, 0) is 4.79 Å². The number of unbranched alkanes of at least 4 members (excludes halogenated alkanes) is 3. The fourth-order valence-corrected chi connectivity index (χ4v) is 2.57. The van der Waals surface area contributed by atoms with E-state index in [1.807, 2.05) is 42.5 Å². The number of amides is 1. The molecule has 0 fully saturated rings. The number of halogens is 1. The first kappa shape index (κ1) is 19.1. The minimum Gasteiger partial charge on any atom is -0.494 e. The summed E-state index contributed by atoms with van der Waals surface area (Å²) in [4.78, 5) is 12.1. The Morgan fingerprint density at radius 3 is 2.72 bits per heavy atom. The molecular formula is C20H25ClN2O2. The summed E-state index contributed by atoms with van der Waals surface area (Å²) in [6.45, 7) is 3.03. The second kappa shape index (κ2) is 10.6. The van der Waals surface area contributed by atoms with Crippen molar-refractivity contribution in [3.05, 3.63) is 53.6 Å². The standard InChI is InChI=1S/C20H25ClN2O2/c1-2-3-4-7-13-25-17-10-8-9-16(14-17)23-20(24)15-22-19-12-6-5-11-18(19)21/h5-6,8-12,14,22H,2-4,7,13,15H2,1H3,(H,23,24). The van der Waals surface area contributed by atoms with E-state index in [0.717, 1.165) is 23.5 Å². The van der Waals surface area contributed by atoms with E-state index in [4.69, 9.17) is 16.3 Å². The summed E-state index contributed by atoms with van der Waals surface area (Å²) >= 11 is 6.06. The van der Waals surface area contributed by atoms with Gasteiger partial charge in [-0.25, -0.2) is 0 Å². The zero-order chi connectivity index (χ0) is 17.9. The van der Waals surface area contributed by atoms with Gasteiger partial charge in [-0.2, -0.15) is 0 Å². The molecule has 0 unspecified atom stereocenters. The van der Waals surface area contributed by atoms with E-state index in [9.17, 15) is 4.79 Å². The van der Waals surface area contributed by atoms with Crippen molar-refractivity contribution < 1.29 is 9.53 Å². The second-order valence-electron chi connectivity index (χ2n) is 5.82. The quantitative estimate of drug-likeness (QED) is 0.561. The molecule has 2 aromatic rings. The minimum absolute atomic E-state index is 0.139. The largest absolute Gasteiger partial charge is 0.494 e. The van der Waals surface area contributed by atoms with Crippen LogP contribution in [0, 0.1) is 0 Å². The van der Waals surface area contributed by atoms with Gasteiger partial charge in [0.15, 0.2) is 0 Å². The van der Waals surface area contributed by atoms with E-state index >= 15 is 0 Å². The molecule has 0 heterocycles. The van der Waals surface area contributed by atoms with Gasteiger partial charge in [0.2, 0.25) is 5.91 Å². The van der Waals surface area contributed by atoms with Gasteiger partial charge in [0.05, 0.1) is 23.9 Å². The third-order valence-electron chi connectivity index (χ3n) is 3.70. The maximum absolute atomic E-state index is 12.1. The maximum atomic E-state index is 12.1. The minimum atomic E-state index is -0.139. The Morgan fingerprint density at radius 2 is 1.92 bits per heavy atom. The summed E-state index contributed by atoms with van der Waals surface area (Å²) in [5, 5.41) is 6.48. The van der Waals surface area contributed by atoms with E-state index < -0.39 is 0 Å². The molecule has 0 aliphatic rings. The third kappa shape index (κ3) is 7.06. The molecule has 0 aliphatic heterocycles. The highest BCUT2D eigenvalue weighted by atomic mass is 35.5. The molecule has 2 N–H and O–H groups in total. The van der Waals surface area contributed by atoms with Crippen molar-refractivity contribution in [3.63, 3.8) is 0 Å². The van der Waals surface area contributed by atoms with Gasteiger partial charge in [-0.3, -0.25) is 4.79 Å². The fraction of sp³-hybridized carbons (Fsp3) is 0.350. The first-order chi connectivity index (χ1) is 12.2. The van der Waals surface area contributed by atoms with Gasteiger partial charge in [-0.1, -0.05) is 56.0 Å². The molecule has 0 aromatic heterocycles. The maximum Gasteiger partial charge on any atom is 0.243 e. The van der Waals surface area contributed by atoms with E-state index in [1.54, 1.807) is 6.07 Å². The van der Waals surface area contributed by atoms with Crippen LogP contribution in [0.25, 0.3) is 0 Å². The Labute approximate surface area is 154 Å². The normalized spacial score (nSPS) is 10.3. The summed E-state index contributed by atoms with van der Waals surface area (Å²) in [5.74, 6) is 0.633. The third-order valence-corrected chi connectivity index (χ3v) is 4.03. The Morgan fingerprint density at radius 1 is 1.08 bits per heavy atom. The van der Waals surface area contributed by atoms with Gasteiger partial charge in [-0.15, -0.1) is 0 Å². The summed E-state index contributed by atoms with van der Waals surface area (Å²) in [6.07, 6.45) is 4.68. The zero-order valence-electron chi connectivity index (χ0n) is 14.6. The summed E-state index contributed by atoms with van der Waals surface area (Å²) in [5.41, 5.74) is 1.46. The highest BCUT2D eigenvalue weighted by molar-refractivity contribution is 6.33. The molecule has 0 atom stereocenters. The fourth-order valence-electron chi connectivity index (χ4n) is 2.37. The average Bonchev–Trinajstić information content (AvgIpc) is 2.61. The molecule has 1 amide bonds.